The van der Waals surface area contributed by atoms with Gasteiger partial charge < -0.3 is 14.4 Å². The van der Waals surface area contributed by atoms with Gasteiger partial charge in [-0.05, 0) is 68.6 Å². The highest BCUT2D eigenvalue weighted by molar-refractivity contribution is 5.90. The molecule has 4 heteroatoms. The number of furan rings is 1. The van der Waals surface area contributed by atoms with Crippen molar-refractivity contribution < 1.29 is 14.3 Å². The van der Waals surface area contributed by atoms with E-state index < -0.39 is 0 Å². The zero-order valence-corrected chi connectivity index (χ0v) is 15.3. The Morgan fingerprint density at radius 2 is 1.88 bits per heavy atom. The molecular formula is C21H27NO3. The minimum absolute atomic E-state index is 0.124. The Morgan fingerprint density at radius 3 is 2.56 bits per heavy atom. The van der Waals surface area contributed by atoms with Gasteiger partial charge in [-0.2, -0.15) is 0 Å². The second-order valence-electron chi connectivity index (χ2n) is 8.17. The first-order chi connectivity index (χ1) is 11.9. The average molecular weight is 341 g/mol. The molecule has 1 aromatic heterocycles. The van der Waals surface area contributed by atoms with E-state index in [0.29, 0.717) is 24.3 Å². The molecule has 2 aliphatic rings. The average Bonchev–Trinajstić information content (AvgIpc) is 3.19. The molecule has 4 rings (SSSR count). The molecule has 1 heterocycles. The van der Waals surface area contributed by atoms with Crippen molar-refractivity contribution in [3.63, 3.8) is 0 Å². The van der Waals surface area contributed by atoms with Crippen molar-refractivity contribution in [1.82, 2.24) is 4.90 Å². The van der Waals surface area contributed by atoms with Crippen LogP contribution < -0.4 is 0 Å². The number of aliphatic hydroxyl groups excluding tert-OH is 1. The lowest BCUT2D eigenvalue weighted by molar-refractivity contribution is -0.131. The summed E-state index contributed by atoms with van der Waals surface area (Å²) in [6, 6.07) is 4.49. The highest BCUT2D eigenvalue weighted by Crippen LogP contribution is 2.45. The quantitative estimate of drug-likeness (QED) is 0.928. The van der Waals surface area contributed by atoms with E-state index in [4.69, 9.17) is 4.42 Å². The SMILES string of the molecule is Cc1cc(C)c2c(CC(=O)N(C)C3C[C@H]4CC(O)C[C@H]4C3)coc2c1. The highest BCUT2D eigenvalue weighted by Gasteiger charge is 2.43. The summed E-state index contributed by atoms with van der Waals surface area (Å²) in [7, 11) is 1.93. The lowest BCUT2D eigenvalue weighted by atomic mass is 10.0. The Hall–Kier alpha value is -1.81. The van der Waals surface area contributed by atoms with Gasteiger partial charge in [-0.1, -0.05) is 6.07 Å². The van der Waals surface area contributed by atoms with E-state index in [2.05, 4.69) is 19.9 Å². The maximum absolute atomic E-state index is 12.8. The van der Waals surface area contributed by atoms with Crippen LogP contribution >= 0.6 is 0 Å². The van der Waals surface area contributed by atoms with Crippen molar-refractivity contribution >= 4 is 16.9 Å². The molecule has 0 radical (unpaired) electrons. The molecule has 2 saturated carbocycles. The largest absolute Gasteiger partial charge is 0.464 e. The lowest BCUT2D eigenvalue weighted by Gasteiger charge is -2.25. The first-order valence-electron chi connectivity index (χ1n) is 9.33. The Labute approximate surface area is 148 Å². The molecule has 4 nitrogen and oxygen atoms in total. The van der Waals surface area contributed by atoms with Crippen molar-refractivity contribution in [2.75, 3.05) is 7.05 Å². The molecule has 0 aliphatic heterocycles. The molecule has 134 valence electrons. The Bertz CT molecular complexity index is 795. The van der Waals surface area contributed by atoms with Crippen LogP contribution in [0.2, 0.25) is 0 Å². The second-order valence-corrected chi connectivity index (χ2v) is 8.17. The third kappa shape index (κ3) is 2.97. The van der Waals surface area contributed by atoms with Gasteiger partial charge in [0.25, 0.3) is 0 Å². The molecule has 2 aromatic rings. The van der Waals surface area contributed by atoms with Gasteiger partial charge in [-0.15, -0.1) is 0 Å². The van der Waals surface area contributed by atoms with E-state index in [1.165, 1.54) is 11.1 Å². The molecular weight excluding hydrogens is 314 g/mol. The van der Waals surface area contributed by atoms with Gasteiger partial charge in [-0.3, -0.25) is 4.79 Å². The third-order valence-electron chi connectivity index (χ3n) is 6.34. The maximum atomic E-state index is 12.8. The summed E-state index contributed by atoms with van der Waals surface area (Å²) < 4.78 is 5.69. The molecule has 1 N–H and O–H groups in total. The minimum Gasteiger partial charge on any atom is -0.464 e. The number of hydrogen-bond acceptors (Lipinski definition) is 3. The molecule has 1 aromatic carbocycles. The van der Waals surface area contributed by atoms with Crippen LogP contribution in [0.3, 0.4) is 0 Å². The number of aliphatic hydroxyl groups is 1. The van der Waals surface area contributed by atoms with Gasteiger partial charge in [0, 0.05) is 24.0 Å². The summed E-state index contributed by atoms with van der Waals surface area (Å²) in [6.45, 7) is 4.13. The molecule has 25 heavy (non-hydrogen) atoms. The summed E-state index contributed by atoms with van der Waals surface area (Å²) in [5.74, 6) is 1.35. The second kappa shape index (κ2) is 6.17. The number of aryl methyl sites for hydroxylation is 2. The van der Waals surface area contributed by atoms with Gasteiger partial charge in [0.15, 0.2) is 0 Å². The standard InChI is InChI=1S/C21H27NO3/c1-12-4-13(2)21-16(11-25-19(21)5-12)10-20(24)22(3)17-6-14-8-18(23)9-15(14)7-17/h4-5,11,14-15,17-18,23H,6-10H2,1-3H3/t14-,15+,17?,18?. The van der Waals surface area contributed by atoms with E-state index >= 15 is 0 Å². The van der Waals surface area contributed by atoms with E-state index in [0.717, 1.165) is 42.2 Å². The number of benzene rings is 1. The number of likely N-dealkylation sites (N-methyl/N-ethyl adjacent to an activating group) is 1. The smallest absolute Gasteiger partial charge is 0.227 e. The van der Waals surface area contributed by atoms with E-state index in [1.54, 1.807) is 6.26 Å². The first kappa shape index (κ1) is 16.6. The third-order valence-corrected chi connectivity index (χ3v) is 6.34. The number of nitrogens with zero attached hydrogens (tertiary/aromatic N) is 1. The zero-order valence-electron chi connectivity index (χ0n) is 15.3. The van der Waals surface area contributed by atoms with Gasteiger partial charge >= 0.3 is 0 Å². The fourth-order valence-corrected chi connectivity index (χ4v) is 5.12. The maximum Gasteiger partial charge on any atom is 0.227 e. The highest BCUT2D eigenvalue weighted by atomic mass is 16.3. The van der Waals surface area contributed by atoms with E-state index in [1.807, 2.05) is 18.0 Å². The predicted octanol–water partition coefficient (Wildman–Crippen LogP) is 3.60. The van der Waals surface area contributed by atoms with Crippen LogP contribution in [0.15, 0.2) is 22.8 Å². The van der Waals surface area contributed by atoms with Gasteiger partial charge in [0.05, 0.1) is 18.8 Å². The Morgan fingerprint density at radius 1 is 1.20 bits per heavy atom. The van der Waals surface area contributed by atoms with Crippen LogP contribution in [0.4, 0.5) is 0 Å². The molecule has 0 bridgehead atoms. The number of carbonyl (C=O) groups excluding carboxylic acids is 1. The molecule has 4 atom stereocenters. The zero-order chi connectivity index (χ0) is 17.7. The molecule has 0 spiro atoms. The van der Waals surface area contributed by atoms with Gasteiger partial charge in [0.2, 0.25) is 5.91 Å². The molecule has 1 amide bonds. The summed E-state index contributed by atoms with van der Waals surface area (Å²) in [6.07, 6.45) is 5.90. The summed E-state index contributed by atoms with van der Waals surface area (Å²) in [5.41, 5.74) is 4.19. The van der Waals surface area contributed by atoms with Crippen molar-refractivity contribution in [2.45, 2.75) is 58.1 Å². The van der Waals surface area contributed by atoms with E-state index in [9.17, 15) is 9.90 Å². The Kier molecular flexibility index (Phi) is 4.11. The fraction of sp³-hybridized carbons (Fsp3) is 0.571. The number of amides is 1. The molecule has 0 saturated heterocycles. The normalized spacial score (nSPS) is 28.5. The lowest BCUT2D eigenvalue weighted by Crippen LogP contribution is -2.37. The van der Waals surface area contributed by atoms with Crippen LogP contribution in [0, 0.1) is 25.7 Å². The van der Waals surface area contributed by atoms with Crippen LogP contribution in [0.5, 0.6) is 0 Å². The van der Waals surface area contributed by atoms with E-state index in [-0.39, 0.29) is 12.0 Å². The number of rotatable bonds is 3. The van der Waals surface area contributed by atoms with Gasteiger partial charge in [-0.25, -0.2) is 0 Å². The number of carbonyl (C=O) groups is 1. The summed E-state index contributed by atoms with van der Waals surface area (Å²) in [5, 5.41) is 10.9. The van der Waals surface area contributed by atoms with Crippen LogP contribution in [0.25, 0.3) is 11.0 Å². The number of hydrogen-bond donors (Lipinski definition) is 1. The molecule has 2 aliphatic carbocycles. The Balaban J connectivity index is 1.47. The first-order valence-corrected chi connectivity index (χ1v) is 9.33. The van der Waals surface area contributed by atoms with Crippen molar-refractivity contribution in [3.8, 4) is 0 Å². The van der Waals surface area contributed by atoms with Crippen LogP contribution in [0.1, 0.15) is 42.4 Å². The predicted molar refractivity (Wildman–Crippen MR) is 97.4 cm³/mol. The van der Waals surface area contributed by atoms with Crippen molar-refractivity contribution in [3.05, 3.63) is 35.1 Å². The minimum atomic E-state index is -0.124. The molecule has 2 unspecified atom stereocenters. The van der Waals surface area contributed by atoms with Crippen molar-refractivity contribution in [1.29, 1.82) is 0 Å². The topological polar surface area (TPSA) is 53.7 Å². The summed E-state index contributed by atoms with van der Waals surface area (Å²) in [4.78, 5) is 14.8. The fourth-order valence-electron chi connectivity index (χ4n) is 5.12. The van der Waals surface area contributed by atoms with Gasteiger partial charge in [0.1, 0.15) is 5.58 Å². The monoisotopic (exact) mass is 341 g/mol. The molecule has 2 fully saturated rings. The van der Waals surface area contributed by atoms with Crippen molar-refractivity contribution in [2.24, 2.45) is 11.8 Å². The summed E-state index contributed by atoms with van der Waals surface area (Å²) >= 11 is 0. The van der Waals surface area contributed by atoms with Crippen LogP contribution in [-0.2, 0) is 11.2 Å². The number of fused-ring (bicyclic) bond motifs is 2. The van der Waals surface area contributed by atoms with Crippen LogP contribution in [-0.4, -0.2) is 35.1 Å².